The van der Waals surface area contributed by atoms with Crippen LogP contribution in [0.2, 0.25) is 5.82 Å². The summed E-state index contributed by atoms with van der Waals surface area (Å²) in [5.74, 6) is 0.548. The predicted molar refractivity (Wildman–Crippen MR) is 278 cm³/mol. The van der Waals surface area contributed by atoms with Crippen molar-refractivity contribution in [3.63, 3.8) is 0 Å². The van der Waals surface area contributed by atoms with Gasteiger partial charge in [0.1, 0.15) is 5.58 Å². The molecule has 0 bridgehead atoms. The molecule has 0 saturated heterocycles. The lowest BCUT2D eigenvalue weighted by atomic mass is 9.30. The fourth-order valence-corrected chi connectivity index (χ4v) is 12.9. The van der Waals surface area contributed by atoms with Crippen molar-refractivity contribution in [2.24, 2.45) is 16.7 Å². The average molecular weight is 859 g/mol. The van der Waals surface area contributed by atoms with E-state index in [4.69, 9.17) is 4.42 Å². The number of anilines is 3. The van der Waals surface area contributed by atoms with Gasteiger partial charge in [0.15, 0.2) is 0 Å². The third-order valence-corrected chi connectivity index (χ3v) is 17.1. The quantitative estimate of drug-likeness (QED) is 0.165. The van der Waals surface area contributed by atoms with Gasteiger partial charge in [-0.25, -0.2) is 0 Å². The van der Waals surface area contributed by atoms with Gasteiger partial charge in [0.2, 0.25) is 0 Å². The van der Waals surface area contributed by atoms with Gasteiger partial charge in [-0.15, -0.1) is 0 Å². The number of nitrogens with zero attached hydrogens (tertiary/aromatic N) is 2. The van der Waals surface area contributed by atoms with E-state index in [0.29, 0.717) is 5.92 Å². The van der Waals surface area contributed by atoms with Crippen LogP contribution in [0.15, 0.2) is 125 Å². The van der Waals surface area contributed by atoms with Crippen molar-refractivity contribution in [3.8, 4) is 11.1 Å². The fourth-order valence-electron chi connectivity index (χ4n) is 12.9. The number of allylic oxidation sites excluding steroid dienone is 5. The number of fused-ring (bicyclic) bond motifs is 10. The molecule has 3 heterocycles. The highest BCUT2D eigenvalue weighted by Crippen LogP contribution is 2.59. The molecule has 6 aliphatic rings. The Labute approximate surface area is 390 Å². The molecule has 1 aromatic heterocycles. The van der Waals surface area contributed by atoms with Gasteiger partial charge in [0, 0.05) is 45.0 Å². The summed E-state index contributed by atoms with van der Waals surface area (Å²) in [6, 6.07) is 28.8. The van der Waals surface area contributed by atoms with Crippen molar-refractivity contribution in [2.45, 2.75) is 157 Å². The fraction of sp³-hybridized carbons (Fsp3) is 0.443. The maximum atomic E-state index is 7.66. The van der Waals surface area contributed by atoms with E-state index < -0.39 is 0 Å². The van der Waals surface area contributed by atoms with Crippen molar-refractivity contribution >= 4 is 45.9 Å². The molecule has 65 heavy (non-hydrogen) atoms. The zero-order valence-electron chi connectivity index (χ0n) is 42.0. The van der Waals surface area contributed by atoms with Gasteiger partial charge in [0.05, 0.1) is 17.4 Å². The Morgan fingerprint density at radius 1 is 0.708 bits per heavy atom. The highest BCUT2D eigenvalue weighted by molar-refractivity contribution is 6.89. The molecule has 2 aliphatic heterocycles. The molecule has 4 heteroatoms. The van der Waals surface area contributed by atoms with Crippen LogP contribution in [0.4, 0.5) is 17.1 Å². The van der Waals surface area contributed by atoms with E-state index in [2.05, 4.69) is 217 Å². The molecule has 3 atom stereocenters. The molecule has 3 unspecified atom stereocenters. The smallest absolute Gasteiger partial charge is 0.272 e. The van der Waals surface area contributed by atoms with Crippen LogP contribution < -0.4 is 20.9 Å². The van der Waals surface area contributed by atoms with Crippen molar-refractivity contribution in [2.75, 3.05) is 9.80 Å². The summed E-state index contributed by atoms with van der Waals surface area (Å²) in [6.45, 7) is 36.1. The first-order chi connectivity index (χ1) is 30.4. The summed E-state index contributed by atoms with van der Waals surface area (Å²) in [7, 11) is 0. The van der Waals surface area contributed by atoms with Crippen molar-refractivity contribution < 1.29 is 4.42 Å². The third-order valence-electron chi connectivity index (χ3n) is 17.1. The van der Waals surface area contributed by atoms with Gasteiger partial charge in [-0.1, -0.05) is 171 Å². The molecule has 0 spiro atoms. The molecule has 0 radical (unpaired) electrons. The van der Waals surface area contributed by atoms with Crippen LogP contribution in [0, 0.1) is 16.7 Å². The summed E-state index contributed by atoms with van der Waals surface area (Å²) >= 11 is 0. The second-order valence-corrected chi connectivity index (χ2v) is 25.7. The van der Waals surface area contributed by atoms with Crippen LogP contribution in [0.3, 0.4) is 0 Å². The minimum absolute atomic E-state index is 0.00486. The molecule has 0 amide bonds. The lowest BCUT2D eigenvalue weighted by molar-refractivity contribution is 0.293. The highest BCUT2D eigenvalue weighted by atomic mass is 16.3. The Bertz CT molecular complexity index is 2980. The zero-order valence-corrected chi connectivity index (χ0v) is 42.0. The van der Waals surface area contributed by atoms with Crippen LogP contribution >= 0.6 is 0 Å². The van der Waals surface area contributed by atoms with Gasteiger partial charge in [-0.3, -0.25) is 0 Å². The molecule has 4 aliphatic carbocycles. The lowest BCUT2D eigenvalue weighted by Crippen LogP contribution is -2.63. The average Bonchev–Trinajstić information content (AvgIpc) is 3.72. The van der Waals surface area contributed by atoms with Crippen LogP contribution in [0.25, 0.3) is 22.1 Å². The van der Waals surface area contributed by atoms with Crippen LogP contribution in [0.5, 0.6) is 0 Å². The first-order valence-corrected chi connectivity index (χ1v) is 24.8. The van der Waals surface area contributed by atoms with E-state index in [1.807, 2.05) is 0 Å². The van der Waals surface area contributed by atoms with E-state index in [-0.39, 0.29) is 51.1 Å². The summed E-state index contributed by atoms with van der Waals surface area (Å²) < 4.78 is 7.66. The Hall–Kier alpha value is -4.96. The van der Waals surface area contributed by atoms with E-state index >= 15 is 0 Å². The third kappa shape index (κ3) is 6.20. The monoisotopic (exact) mass is 859 g/mol. The van der Waals surface area contributed by atoms with Crippen LogP contribution in [-0.2, 0) is 21.7 Å². The van der Waals surface area contributed by atoms with E-state index in [1.165, 1.54) is 96.7 Å². The van der Waals surface area contributed by atoms with Crippen molar-refractivity contribution in [3.05, 3.63) is 148 Å². The minimum atomic E-state index is -0.110. The van der Waals surface area contributed by atoms with E-state index in [0.717, 1.165) is 17.7 Å². The maximum absolute atomic E-state index is 7.66. The molecule has 334 valence electrons. The predicted octanol–water partition coefficient (Wildman–Crippen LogP) is 15.1. The first-order valence-electron chi connectivity index (χ1n) is 24.8. The number of rotatable bonds is 2. The van der Waals surface area contributed by atoms with E-state index in [9.17, 15) is 0 Å². The first kappa shape index (κ1) is 42.7. The summed E-state index contributed by atoms with van der Waals surface area (Å²) in [4.78, 5) is 5.47. The van der Waals surface area contributed by atoms with Gasteiger partial charge in [-0.05, 0) is 133 Å². The lowest BCUT2D eigenvalue weighted by Gasteiger charge is -2.53. The van der Waals surface area contributed by atoms with E-state index in [1.54, 1.807) is 0 Å². The van der Waals surface area contributed by atoms with Crippen LogP contribution in [-0.4, -0.2) is 12.8 Å². The molecular weight excluding hydrogens is 787 g/mol. The zero-order chi connectivity index (χ0) is 46.1. The molecular formula is C61H71BN2O. The largest absolute Gasteiger partial charge is 0.469 e. The Morgan fingerprint density at radius 3 is 2.06 bits per heavy atom. The molecule has 5 aromatic rings. The number of hydrogen-bond acceptors (Lipinski definition) is 3. The van der Waals surface area contributed by atoms with Gasteiger partial charge < -0.3 is 14.2 Å². The minimum Gasteiger partial charge on any atom is -0.469 e. The normalized spacial score (nSPS) is 23.5. The summed E-state index contributed by atoms with van der Waals surface area (Å²) in [5.41, 5.74) is 21.3. The molecule has 0 fully saturated rings. The van der Waals surface area contributed by atoms with Crippen LogP contribution in [0.1, 0.15) is 151 Å². The van der Waals surface area contributed by atoms with Gasteiger partial charge >= 0.3 is 0 Å². The standard InChI is InChI=1S/C61H71BN2O/c1-56(2,3)36-23-26-39(27-24-36)63-49-32-38(58(7,8)9)33-50-53(49)62(55-54(63)41-34-44-45(35-51(41)65-55)60(12,13)30-29-59(44,10)11)46-31-37(57(4,5)6)25-28-47(46)64(50)48-22-18-21-43-52(48)40-19-16-17-20-42(40)61(43,14)15/h16-23,25-28,31-36,50,53H,24,29-30H2,1-15H3. The topological polar surface area (TPSA) is 19.6 Å². The van der Waals surface area contributed by atoms with Gasteiger partial charge in [0.25, 0.3) is 6.71 Å². The number of hydrogen-bond donors (Lipinski definition) is 0. The number of benzene rings is 4. The van der Waals surface area contributed by atoms with Crippen molar-refractivity contribution in [1.29, 1.82) is 0 Å². The maximum Gasteiger partial charge on any atom is 0.272 e. The highest BCUT2D eigenvalue weighted by Gasteiger charge is 2.56. The Morgan fingerprint density at radius 2 is 1.40 bits per heavy atom. The summed E-state index contributed by atoms with van der Waals surface area (Å²) in [6.07, 6.45) is 16.1. The molecule has 0 N–H and O–H groups in total. The van der Waals surface area contributed by atoms with Crippen molar-refractivity contribution in [1.82, 2.24) is 0 Å². The molecule has 11 rings (SSSR count). The molecule has 0 saturated carbocycles. The second kappa shape index (κ2) is 13.6. The second-order valence-electron chi connectivity index (χ2n) is 25.7. The Kier molecular flexibility index (Phi) is 8.91. The SMILES string of the molecule is CC(C)(C)C1=CC2C3B(c4cc(C(C)(C)C)ccc4N2c2cccc4c2-c2ccccc2C4(C)C)c2oc4cc5c(cc4c2N(C2=CCC(C(C)(C)C)C=C2)C3=C1)C(C)(C)CCC5(C)C. The molecule has 4 aromatic carbocycles. The Balaban J connectivity index is 1.26. The summed E-state index contributed by atoms with van der Waals surface area (Å²) in [5, 5.41) is 1.25. The number of furan rings is 1. The molecule has 3 nitrogen and oxygen atoms in total. The van der Waals surface area contributed by atoms with Gasteiger partial charge in [-0.2, -0.15) is 0 Å².